The van der Waals surface area contributed by atoms with E-state index in [0.717, 1.165) is 38.1 Å². The maximum Gasteiger partial charge on any atom is 0.274 e. The van der Waals surface area contributed by atoms with Gasteiger partial charge in [-0.2, -0.15) is 16.9 Å². The fourth-order valence-corrected chi connectivity index (χ4v) is 4.13. The van der Waals surface area contributed by atoms with E-state index in [0.29, 0.717) is 44.0 Å². The molecule has 1 aliphatic heterocycles. The summed E-state index contributed by atoms with van der Waals surface area (Å²) in [5.41, 5.74) is 3.13. The Kier molecular flexibility index (Phi) is 7.00. The SMILES string of the molecule is CSCCNC1CCc2c(c(C(=O)N3CCOCC3)nn2CC(C)C)C1. The highest BCUT2D eigenvalue weighted by molar-refractivity contribution is 7.98. The molecule has 0 saturated carbocycles. The van der Waals surface area contributed by atoms with Crippen molar-refractivity contribution >= 4 is 17.7 Å². The number of ether oxygens (including phenoxy) is 1. The highest BCUT2D eigenvalue weighted by atomic mass is 32.2. The average Bonchev–Trinajstić information content (AvgIpc) is 2.99. The molecule has 1 N–H and O–H groups in total. The number of rotatable bonds is 7. The maximum atomic E-state index is 13.1. The molecule has 1 atom stereocenters. The number of hydrogen-bond donors (Lipinski definition) is 1. The van der Waals surface area contributed by atoms with E-state index >= 15 is 0 Å². The van der Waals surface area contributed by atoms with Gasteiger partial charge in [0.2, 0.25) is 0 Å². The number of nitrogens with zero attached hydrogens (tertiary/aromatic N) is 3. The minimum Gasteiger partial charge on any atom is -0.378 e. The lowest BCUT2D eigenvalue weighted by molar-refractivity contribution is 0.0297. The van der Waals surface area contributed by atoms with Gasteiger partial charge in [0.25, 0.3) is 5.91 Å². The van der Waals surface area contributed by atoms with Crippen LogP contribution in [0, 0.1) is 5.92 Å². The summed E-state index contributed by atoms with van der Waals surface area (Å²) >= 11 is 1.86. The third kappa shape index (κ3) is 4.61. The average molecular weight is 381 g/mol. The Bertz CT molecular complexity index is 611. The number of fused-ring (bicyclic) bond motifs is 1. The lowest BCUT2D eigenvalue weighted by Gasteiger charge is -2.28. The molecule has 7 heteroatoms. The summed E-state index contributed by atoms with van der Waals surface area (Å²) in [6.07, 6.45) is 5.17. The number of thioether (sulfide) groups is 1. The van der Waals surface area contributed by atoms with Crippen LogP contribution in [0.2, 0.25) is 0 Å². The minimum absolute atomic E-state index is 0.0804. The van der Waals surface area contributed by atoms with Crippen LogP contribution in [0.4, 0.5) is 0 Å². The van der Waals surface area contributed by atoms with E-state index in [-0.39, 0.29) is 5.91 Å². The Labute approximate surface area is 161 Å². The van der Waals surface area contributed by atoms with E-state index in [4.69, 9.17) is 9.84 Å². The van der Waals surface area contributed by atoms with Crippen molar-refractivity contribution in [3.63, 3.8) is 0 Å². The number of nitrogens with one attached hydrogen (secondary N) is 1. The van der Waals surface area contributed by atoms with Gasteiger partial charge < -0.3 is 15.0 Å². The second kappa shape index (κ2) is 9.24. The van der Waals surface area contributed by atoms with Gasteiger partial charge in [-0.05, 0) is 31.4 Å². The molecule has 2 heterocycles. The van der Waals surface area contributed by atoms with Gasteiger partial charge in [-0.1, -0.05) is 13.8 Å². The molecular weight excluding hydrogens is 348 g/mol. The molecule has 1 saturated heterocycles. The fourth-order valence-electron chi connectivity index (χ4n) is 3.81. The standard InChI is InChI=1S/C19H32N4O2S/c1-14(2)13-23-17-5-4-15(20-6-11-26-3)12-16(17)18(21-23)19(24)22-7-9-25-10-8-22/h14-15,20H,4-13H2,1-3H3. The summed E-state index contributed by atoms with van der Waals surface area (Å²) < 4.78 is 7.50. The summed E-state index contributed by atoms with van der Waals surface area (Å²) in [4.78, 5) is 15.0. The Morgan fingerprint density at radius 2 is 2.15 bits per heavy atom. The number of carbonyl (C=O) groups excluding carboxylic acids is 1. The molecule has 26 heavy (non-hydrogen) atoms. The van der Waals surface area contributed by atoms with Gasteiger partial charge >= 0.3 is 0 Å². The molecule has 1 unspecified atom stereocenters. The van der Waals surface area contributed by atoms with Crippen LogP contribution in [-0.4, -0.2) is 71.5 Å². The topological polar surface area (TPSA) is 59.4 Å². The van der Waals surface area contributed by atoms with Gasteiger partial charge in [-0.25, -0.2) is 0 Å². The largest absolute Gasteiger partial charge is 0.378 e. The van der Waals surface area contributed by atoms with Crippen molar-refractivity contribution in [2.45, 2.75) is 45.7 Å². The van der Waals surface area contributed by atoms with Gasteiger partial charge in [0.15, 0.2) is 5.69 Å². The zero-order valence-electron chi connectivity index (χ0n) is 16.3. The monoisotopic (exact) mass is 380 g/mol. The number of hydrogen-bond acceptors (Lipinski definition) is 5. The van der Waals surface area contributed by atoms with Gasteiger partial charge in [0.05, 0.1) is 13.2 Å². The van der Waals surface area contributed by atoms with Gasteiger partial charge in [-0.15, -0.1) is 0 Å². The van der Waals surface area contributed by atoms with Crippen LogP contribution in [0.5, 0.6) is 0 Å². The molecule has 3 rings (SSSR count). The van der Waals surface area contributed by atoms with Gasteiger partial charge in [0, 0.05) is 49.2 Å². The number of morpholine rings is 1. The number of carbonyl (C=O) groups is 1. The summed E-state index contributed by atoms with van der Waals surface area (Å²) in [7, 11) is 0. The smallest absolute Gasteiger partial charge is 0.274 e. The molecule has 0 radical (unpaired) electrons. The molecule has 146 valence electrons. The van der Waals surface area contributed by atoms with Crippen molar-refractivity contribution in [1.82, 2.24) is 20.0 Å². The molecule has 1 amide bonds. The van der Waals surface area contributed by atoms with Crippen LogP contribution >= 0.6 is 11.8 Å². The van der Waals surface area contributed by atoms with Crippen molar-refractivity contribution in [2.24, 2.45) is 5.92 Å². The third-order valence-corrected chi connectivity index (χ3v) is 5.74. The Morgan fingerprint density at radius 1 is 1.38 bits per heavy atom. The molecule has 0 bridgehead atoms. The zero-order chi connectivity index (χ0) is 18.5. The van der Waals surface area contributed by atoms with Gasteiger partial charge in [0.1, 0.15) is 0 Å². The molecule has 1 aromatic rings. The van der Waals surface area contributed by atoms with E-state index in [1.165, 1.54) is 11.3 Å². The van der Waals surface area contributed by atoms with E-state index in [1.807, 2.05) is 16.7 Å². The third-order valence-electron chi connectivity index (χ3n) is 5.12. The highest BCUT2D eigenvalue weighted by Gasteiger charge is 2.31. The lowest BCUT2D eigenvalue weighted by atomic mass is 9.91. The lowest BCUT2D eigenvalue weighted by Crippen LogP contribution is -2.42. The molecule has 1 aromatic heterocycles. The molecule has 6 nitrogen and oxygen atoms in total. The van der Waals surface area contributed by atoms with Crippen LogP contribution in [-0.2, 0) is 24.1 Å². The molecule has 0 spiro atoms. The summed E-state index contributed by atoms with van der Waals surface area (Å²) in [5.74, 6) is 1.72. The first kappa shape index (κ1) is 19.7. The Morgan fingerprint density at radius 3 is 2.85 bits per heavy atom. The Balaban J connectivity index is 1.81. The summed E-state index contributed by atoms with van der Waals surface area (Å²) in [6, 6.07) is 0.447. The second-order valence-electron chi connectivity index (χ2n) is 7.64. The first-order valence-electron chi connectivity index (χ1n) is 9.78. The minimum atomic E-state index is 0.0804. The van der Waals surface area contributed by atoms with Crippen LogP contribution < -0.4 is 5.32 Å². The van der Waals surface area contributed by atoms with Crippen LogP contribution in [0.3, 0.4) is 0 Å². The maximum absolute atomic E-state index is 13.1. The van der Waals surface area contributed by atoms with Crippen LogP contribution in [0.25, 0.3) is 0 Å². The van der Waals surface area contributed by atoms with E-state index in [2.05, 4.69) is 30.1 Å². The van der Waals surface area contributed by atoms with Crippen molar-refractivity contribution in [3.05, 3.63) is 17.0 Å². The van der Waals surface area contributed by atoms with Crippen LogP contribution in [0.1, 0.15) is 42.0 Å². The second-order valence-corrected chi connectivity index (χ2v) is 8.63. The van der Waals surface area contributed by atoms with E-state index in [9.17, 15) is 4.79 Å². The van der Waals surface area contributed by atoms with Crippen molar-refractivity contribution in [2.75, 3.05) is 44.9 Å². The summed E-state index contributed by atoms with van der Waals surface area (Å²) in [5, 5.41) is 8.45. The predicted octanol–water partition coefficient (Wildman–Crippen LogP) is 1.82. The molecule has 1 fully saturated rings. The van der Waals surface area contributed by atoms with Crippen molar-refractivity contribution in [1.29, 1.82) is 0 Å². The molecule has 2 aliphatic rings. The molecular formula is C19H32N4O2S. The van der Waals surface area contributed by atoms with E-state index in [1.54, 1.807) is 0 Å². The first-order chi connectivity index (χ1) is 12.6. The quantitative estimate of drug-likeness (QED) is 0.731. The highest BCUT2D eigenvalue weighted by Crippen LogP contribution is 2.27. The van der Waals surface area contributed by atoms with Gasteiger partial charge in [-0.3, -0.25) is 9.48 Å². The normalized spacial score (nSPS) is 20.5. The number of amides is 1. The van der Waals surface area contributed by atoms with Crippen molar-refractivity contribution < 1.29 is 9.53 Å². The predicted molar refractivity (Wildman–Crippen MR) is 106 cm³/mol. The fraction of sp³-hybridized carbons (Fsp3) is 0.789. The molecule has 1 aliphatic carbocycles. The first-order valence-corrected chi connectivity index (χ1v) is 11.2. The number of aromatic nitrogens is 2. The van der Waals surface area contributed by atoms with Crippen LogP contribution in [0.15, 0.2) is 0 Å². The molecule has 0 aromatic carbocycles. The summed E-state index contributed by atoms with van der Waals surface area (Å²) in [6.45, 7) is 8.89. The Hall–Kier alpha value is -1.05. The van der Waals surface area contributed by atoms with Crippen molar-refractivity contribution in [3.8, 4) is 0 Å². The zero-order valence-corrected chi connectivity index (χ0v) is 17.1. The van der Waals surface area contributed by atoms with E-state index < -0.39 is 0 Å².